The molecule has 3 N–H and O–H groups in total. The van der Waals surface area contributed by atoms with E-state index in [2.05, 4.69) is 47.2 Å². The number of aromatic nitrogens is 1. The first-order valence-corrected chi connectivity index (χ1v) is 8.28. The Labute approximate surface area is 136 Å². The second-order valence-electron chi connectivity index (χ2n) is 6.54. The second kappa shape index (κ2) is 6.72. The molecule has 1 aromatic heterocycles. The molecule has 1 aliphatic rings. The summed E-state index contributed by atoms with van der Waals surface area (Å²) in [5.41, 5.74) is 4.71. The lowest BCUT2D eigenvalue weighted by Crippen LogP contribution is -2.42. The first-order chi connectivity index (χ1) is 11.0. The molecule has 124 valence electrons. The average molecular weight is 315 g/mol. The Morgan fingerprint density at radius 1 is 1.35 bits per heavy atom. The number of rotatable bonds is 4. The van der Waals surface area contributed by atoms with Gasteiger partial charge in [0.05, 0.1) is 12.6 Å². The number of piperidine rings is 1. The van der Waals surface area contributed by atoms with Crippen LogP contribution in [0.2, 0.25) is 0 Å². The lowest BCUT2D eigenvalue weighted by Gasteiger charge is -2.28. The zero-order valence-corrected chi connectivity index (χ0v) is 13.9. The molecule has 0 atom stereocenters. The molecule has 0 bridgehead atoms. The molecule has 0 saturated carbocycles. The molecule has 1 amide bonds. The summed E-state index contributed by atoms with van der Waals surface area (Å²) < 4.78 is 0. The van der Waals surface area contributed by atoms with Gasteiger partial charge in [-0.25, -0.2) is 0 Å². The second-order valence-corrected chi connectivity index (χ2v) is 6.54. The number of hydrogen-bond donors (Lipinski definition) is 3. The molecule has 2 aromatic rings. The quantitative estimate of drug-likeness (QED) is 0.807. The van der Waals surface area contributed by atoms with Crippen molar-refractivity contribution >= 4 is 16.8 Å². The van der Waals surface area contributed by atoms with Gasteiger partial charge in [0.15, 0.2) is 0 Å². The Morgan fingerprint density at radius 3 is 2.83 bits per heavy atom. The molecule has 0 unspecified atom stereocenters. The zero-order chi connectivity index (χ0) is 16.4. The van der Waals surface area contributed by atoms with Crippen molar-refractivity contribution in [3.8, 4) is 0 Å². The third-order valence-electron chi connectivity index (χ3n) is 4.79. The molecule has 0 spiro atoms. The van der Waals surface area contributed by atoms with Crippen LogP contribution in [0.15, 0.2) is 18.2 Å². The van der Waals surface area contributed by atoms with Gasteiger partial charge in [0.1, 0.15) is 0 Å². The van der Waals surface area contributed by atoms with Crippen molar-refractivity contribution in [3.63, 3.8) is 0 Å². The zero-order valence-electron chi connectivity index (χ0n) is 13.9. The van der Waals surface area contributed by atoms with Gasteiger partial charge >= 0.3 is 0 Å². The van der Waals surface area contributed by atoms with E-state index in [9.17, 15) is 9.90 Å². The van der Waals surface area contributed by atoms with Crippen molar-refractivity contribution in [1.82, 2.24) is 15.2 Å². The fourth-order valence-corrected chi connectivity index (χ4v) is 3.16. The molecule has 3 rings (SSSR count). The number of fused-ring (bicyclic) bond motifs is 1. The van der Waals surface area contributed by atoms with Crippen molar-refractivity contribution in [2.75, 3.05) is 19.6 Å². The number of likely N-dealkylation sites (tertiary alicyclic amines) is 1. The number of aliphatic hydroxyl groups is 1. The highest BCUT2D eigenvalue weighted by Gasteiger charge is 2.18. The molecule has 0 aliphatic carbocycles. The third kappa shape index (κ3) is 3.74. The van der Waals surface area contributed by atoms with Gasteiger partial charge in [-0.1, -0.05) is 6.07 Å². The van der Waals surface area contributed by atoms with Crippen LogP contribution in [0.4, 0.5) is 0 Å². The van der Waals surface area contributed by atoms with Crippen molar-refractivity contribution in [2.24, 2.45) is 0 Å². The van der Waals surface area contributed by atoms with E-state index in [1.54, 1.807) is 0 Å². The molecular formula is C18H25N3O2. The summed E-state index contributed by atoms with van der Waals surface area (Å²) in [5.74, 6) is 0.0449. The highest BCUT2D eigenvalue weighted by Crippen LogP contribution is 2.22. The van der Waals surface area contributed by atoms with Gasteiger partial charge in [-0.2, -0.15) is 0 Å². The van der Waals surface area contributed by atoms with Crippen LogP contribution in [-0.2, 0) is 11.3 Å². The molecular weight excluding hydrogens is 290 g/mol. The van der Waals surface area contributed by atoms with Gasteiger partial charge in [0.25, 0.3) is 0 Å². The minimum atomic E-state index is -0.200. The Balaban J connectivity index is 1.55. The average Bonchev–Trinajstić information content (AvgIpc) is 2.82. The topological polar surface area (TPSA) is 68.4 Å². The molecule has 5 nitrogen and oxygen atoms in total. The summed E-state index contributed by atoms with van der Waals surface area (Å²) in [4.78, 5) is 17.5. The van der Waals surface area contributed by atoms with Crippen LogP contribution in [0.3, 0.4) is 0 Å². The van der Waals surface area contributed by atoms with Gasteiger partial charge < -0.3 is 15.4 Å². The number of hydrogen-bond acceptors (Lipinski definition) is 3. The number of aryl methyl sites for hydroxylation is 2. The Bertz CT molecular complexity index is 700. The molecule has 5 heteroatoms. The van der Waals surface area contributed by atoms with Crippen LogP contribution in [-0.4, -0.2) is 46.6 Å². The molecule has 1 saturated heterocycles. The Morgan fingerprint density at radius 2 is 2.09 bits per heavy atom. The number of aliphatic hydroxyl groups excluding tert-OH is 1. The van der Waals surface area contributed by atoms with Gasteiger partial charge in [-0.3, -0.25) is 9.69 Å². The highest BCUT2D eigenvalue weighted by atomic mass is 16.3. The van der Waals surface area contributed by atoms with E-state index in [1.165, 1.54) is 16.6 Å². The van der Waals surface area contributed by atoms with Crippen LogP contribution in [0.25, 0.3) is 10.9 Å². The van der Waals surface area contributed by atoms with Crippen LogP contribution in [0.5, 0.6) is 0 Å². The van der Waals surface area contributed by atoms with Crippen molar-refractivity contribution in [3.05, 3.63) is 35.0 Å². The number of aromatic amines is 1. The summed E-state index contributed by atoms with van der Waals surface area (Å²) >= 11 is 0. The summed E-state index contributed by atoms with van der Waals surface area (Å²) in [7, 11) is 0. The van der Waals surface area contributed by atoms with E-state index < -0.39 is 0 Å². The maximum Gasteiger partial charge on any atom is 0.234 e. The maximum atomic E-state index is 12.1. The largest absolute Gasteiger partial charge is 0.393 e. The minimum absolute atomic E-state index is 0.0449. The lowest BCUT2D eigenvalue weighted by atomic mass is 10.1. The van der Waals surface area contributed by atoms with Crippen molar-refractivity contribution in [2.45, 2.75) is 39.3 Å². The van der Waals surface area contributed by atoms with Gasteiger partial charge in [-0.05, 0) is 49.9 Å². The van der Waals surface area contributed by atoms with Crippen molar-refractivity contribution in [1.29, 1.82) is 0 Å². The maximum absolute atomic E-state index is 12.1. The molecule has 1 aromatic carbocycles. The standard InChI is InChI=1S/C18H25N3O2/c1-12-13(2)20-17-4-3-14(9-16(12)17)10-19-18(23)11-21-7-5-15(22)6-8-21/h3-4,9,15,20,22H,5-8,10-11H2,1-2H3,(H,19,23). The predicted molar refractivity (Wildman–Crippen MR) is 91.3 cm³/mol. The van der Waals surface area contributed by atoms with Crippen LogP contribution < -0.4 is 5.32 Å². The van der Waals surface area contributed by atoms with Crippen LogP contribution >= 0.6 is 0 Å². The summed E-state index contributed by atoms with van der Waals surface area (Å²) in [6, 6.07) is 6.27. The predicted octanol–water partition coefficient (Wildman–Crippen LogP) is 1.86. The van der Waals surface area contributed by atoms with Crippen LogP contribution in [0, 0.1) is 13.8 Å². The van der Waals surface area contributed by atoms with E-state index in [0.717, 1.165) is 37.0 Å². The van der Waals surface area contributed by atoms with Crippen LogP contribution in [0.1, 0.15) is 29.7 Å². The fourth-order valence-electron chi connectivity index (χ4n) is 3.16. The van der Waals surface area contributed by atoms with Gasteiger partial charge in [0.2, 0.25) is 5.91 Å². The van der Waals surface area contributed by atoms with E-state index >= 15 is 0 Å². The molecule has 0 radical (unpaired) electrons. The normalized spacial score (nSPS) is 16.8. The number of H-pyrrole nitrogens is 1. The SMILES string of the molecule is Cc1[nH]c2ccc(CNC(=O)CN3CCC(O)CC3)cc2c1C. The number of carbonyl (C=O) groups excluding carboxylic acids is 1. The van der Waals surface area contributed by atoms with Crippen molar-refractivity contribution < 1.29 is 9.90 Å². The summed E-state index contributed by atoms with van der Waals surface area (Å²) in [6.45, 7) is 6.74. The Kier molecular flexibility index (Phi) is 4.68. The molecule has 1 aliphatic heterocycles. The number of carbonyl (C=O) groups is 1. The summed E-state index contributed by atoms with van der Waals surface area (Å²) in [5, 5.41) is 13.7. The molecule has 23 heavy (non-hydrogen) atoms. The number of benzene rings is 1. The van der Waals surface area contributed by atoms with E-state index in [0.29, 0.717) is 13.1 Å². The van der Waals surface area contributed by atoms with Gasteiger partial charge in [0, 0.05) is 36.2 Å². The number of nitrogens with zero attached hydrogens (tertiary/aromatic N) is 1. The third-order valence-corrected chi connectivity index (χ3v) is 4.79. The number of amides is 1. The Hall–Kier alpha value is -1.85. The molecule has 2 heterocycles. The van der Waals surface area contributed by atoms with E-state index in [4.69, 9.17) is 0 Å². The van der Waals surface area contributed by atoms with E-state index in [1.807, 2.05) is 0 Å². The smallest absolute Gasteiger partial charge is 0.234 e. The first kappa shape index (κ1) is 16.0. The highest BCUT2D eigenvalue weighted by molar-refractivity contribution is 5.85. The van der Waals surface area contributed by atoms with E-state index in [-0.39, 0.29) is 12.0 Å². The fraction of sp³-hybridized carbons (Fsp3) is 0.500. The lowest BCUT2D eigenvalue weighted by molar-refractivity contribution is -0.122. The number of nitrogens with one attached hydrogen (secondary N) is 2. The molecule has 1 fully saturated rings. The first-order valence-electron chi connectivity index (χ1n) is 8.28. The monoisotopic (exact) mass is 315 g/mol. The minimum Gasteiger partial charge on any atom is -0.393 e. The van der Waals surface area contributed by atoms with Gasteiger partial charge in [-0.15, -0.1) is 0 Å². The summed E-state index contributed by atoms with van der Waals surface area (Å²) in [6.07, 6.45) is 1.32.